The fourth-order valence-corrected chi connectivity index (χ4v) is 5.01. The summed E-state index contributed by atoms with van der Waals surface area (Å²) in [4.78, 5) is 17.2. The lowest BCUT2D eigenvalue weighted by Gasteiger charge is -2.50. The van der Waals surface area contributed by atoms with Gasteiger partial charge in [-0.05, 0) is 37.8 Å². The van der Waals surface area contributed by atoms with Gasteiger partial charge < -0.3 is 14.7 Å². The van der Waals surface area contributed by atoms with Crippen LogP contribution in [0.5, 0.6) is 5.75 Å². The summed E-state index contributed by atoms with van der Waals surface area (Å²) in [5.41, 5.74) is -0.594. The van der Waals surface area contributed by atoms with Gasteiger partial charge in [0.1, 0.15) is 12.4 Å². The Labute approximate surface area is 162 Å². The molecule has 3 aliphatic rings. The molecule has 5 heteroatoms. The van der Waals surface area contributed by atoms with Crippen LogP contribution in [-0.4, -0.2) is 65.7 Å². The molecule has 1 N–H and O–H groups in total. The topological polar surface area (TPSA) is 53.0 Å². The summed E-state index contributed by atoms with van der Waals surface area (Å²) in [6, 6.07) is 9.90. The van der Waals surface area contributed by atoms with E-state index in [1.54, 1.807) is 0 Å². The van der Waals surface area contributed by atoms with Crippen LogP contribution in [0.3, 0.4) is 0 Å². The Balaban J connectivity index is 1.29. The van der Waals surface area contributed by atoms with E-state index in [-0.39, 0.29) is 11.8 Å². The summed E-state index contributed by atoms with van der Waals surface area (Å²) < 4.78 is 5.83. The molecule has 5 nitrogen and oxygen atoms in total. The molecule has 1 aromatic carbocycles. The van der Waals surface area contributed by atoms with E-state index in [0.717, 1.165) is 57.6 Å². The van der Waals surface area contributed by atoms with Gasteiger partial charge in [-0.3, -0.25) is 9.69 Å². The Morgan fingerprint density at radius 3 is 2.63 bits per heavy atom. The van der Waals surface area contributed by atoms with Gasteiger partial charge in [0.15, 0.2) is 0 Å². The minimum absolute atomic E-state index is 0.155. The van der Waals surface area contributed by atoms with E-state index in [1.807, 2.05) is 35.2 Å². The first kappa shape index (κ1) is 18.8. The zero-order chi connectivity index (χ0) is 18.7. The highest BCUT2D eigenvalue weighted by Gasteiger charge is 2.46. The number of para-hydroxylation sites is 1. The van der Waals surface area contributed by atoms with Crippen LogP contribution < -0.4 is 4.74 Å². The smallest absolute Gasteiger partial charge is 0.225 e. The van der Waals surface area contributed by atoms with E-state index in [4.69, 9.17) is 4.74 Å². The van der Waals surface area contributed by atoms with Crippen LogP contribution >= 0.6 is 0 Å². The quantitative estimate of drug-likeness (QED) is 0.863. The normalized spacial score (nSPS) is 29.5. The lowest BCUT2D eigenvalue weighted by atomic mass is 9.75. The highest BCUT2D eigenvalue weighted by atomic mass is 16.5. The number of carbonyl (C=O) groups excluding carboxylic acids is 1. The van der Waals surface area contributed by atoms with Gasteiger partial charge in [-0.15, -0.1) is 0 Å². The van der Waals surface area contributed by atoms with Crippen molar-refractivity contribution < 1.29 is 14.6 Å². The number of nitrogens with zero attached hydrogens (tertiary/aromatic N) is 2. The second-order valence-corrected chi connectivity index (χ2v) is 8.53. The molecule has 148 valence electrons. The summed E-state index contributed by atoms with van der Waals surface area (Å²) in [5, 5.41) is 11.1. The third-order valence-electron chi connectivity index (χ3n) is 6.79. The maximum atomic E-state index is 12.8. The number of amides is 1. The molecule has 0 bridgehead atoms. The standard InChI is InChI=1S/C22H32N2O3/c25-21(18-6-4-5-7-18)24-13-11-22(26)10-12-23(16-19(22)17-24)14-15-27-20-8-2-1-3-9-20/h1-3,8-9,18-19,26H,4-7,10-17H2/t19-,22-/m1/s1. The van der Waals surface area contributed by atoms with Crippen LogP contribution in [0.15, 0.2) is 30.3 Å². The lowest BCUT2D eigenvalue weighted by Crippen LogP contribution is -2.61. The van der Waals surface area contributed by atoms with Gasteiger partial charge in [-0.1, -0.05) is 31.0 Å². The fraction of sp³-hybridized carbons (Fsp3) is 0.682. The molecule has 1 amide bonds. The fourth-order valence-electron chi connectivity index (χ4n) is 5.01. The van der Waals surface area contributed by atoms with Crippen molar-refractivity contribution in [1.29, 1.82) is 0 Å². The molecule has 4 rings (SSSR count). The SMILES string of the molecule is O=C(C1CCCC1)N1CC[C@]2(O)CCN(CCOc3ccccc3)C[C@@H]2C1. The van der Waals surface area contributed by atoms with Crippen molar-refractivity contribution >= 4 is 5.91 Å². The number of piperidine rings is 2. The Kier molecular flexibility index (Phi) is 5.69. The van der Waals surface area contributed by atoms with Crippen LogP contribution in [0, 0.1) is 11.8 Å². The third kappa shape index (κ3) is 4.30. The lowest BCUT2D eigenvalue weighted by molar-refractivity contribution is -0.150. The van der Waals surface area contributed by atoms with Crippen molar-refractivity contribution in [2.45, 2.75) is 44.1 Å². The largest absolute Gasteiger partial charge is 0.492 e. The number of carbonyl (C=O) groups is 1. The number of likely N-dealkylation sites (tertiary alicyclic amines) is 2. The van der Waals surface area contributed by atoms with Crippen LogP contribution in [0.25, 0.3) is 0 Å². The average molecular weight is 373 g/mol. The van der Waals surface area contributed by atoms with Crippen molar-refractivity contribution in [3.8, 4) is 5.75 Å². The Morgan fingerprint density at radius 2 is 1.85 bits per heavy atom. The molecule has 0 aromatic heterocycles. The molecule has 2 aliphatic heterocycles. The molecule has 0 spiro atoms. The number of hydrogen-bond acceptors (Lipinski definition) is 4. The first-order chi connectivity index (χ1) is 13.1. The van der Waals surface area contributed by atoms with Crippen molar-refractivity contribution in [1.82, 2.24) is 9.80 Å². The number of rotatable bonds is 5. The van der Waals surface area contributed by atoms with Crippen molar-refractivity contribution in [2.75, 3.05) is 39.3 Å². The summed E-state index contributed by atoms with van der Waals surface area (Å²) in [6.45, 7) is 4.70. The van der Waals surface area contributed by atoms with Crippen molar-refractivity contribution in [3.63, 3.8) is 0 Å². The number of aliphatic hydroxyl groups is 1. The minimum Gasteiger partial charge on any atom is -0.492 e. The number of ether oxygens (including phenoxy) is 1. The van der Waals surface area contributed by atoms with Crippen LogP contribution in [-0.2, 0) is 4.79 Å². The number of benzene rings is 1. The second kappa shape index (κ2) is 8.19. The minimum atomic E-state index is -0.594. The molecule has 2 saturated heterocycles. The Hall–Kier alpha value is -1.59. The highest BCUT2D eigenvalue weighted by Crippen LogP contribution is 2.37. The molecule has 2 heterocycles. The van der Waals surface area contributed by atoms with Gasteiger partial charge in [0.25, 0.3) is 0 Å². The molecule has 0 unspecified atom stereocenters. The zero-order valence-electron chi connectivity index (χ0n) is 16.2. The maximum Gasteiger partial charge on any atom is 0.225 e. The molecule has 27 heavy (non-hydrogen) atoms. The molecule has 1 aromatic rings. The molecular formula is C22H32N2O3. The van der Waals surface area contributed by atoms with Crippen LogP contribution in [0.4, 0.5) is 0 Å². The van der Waals surface area contributed by atoms with E-state index >= 15 is 0 Å². The van der Waals surface area contributed by atoms with E-state index in [2.05, 4.69) is 4.90 Å². The molecule has 1 aliphatic carbocycles. The predicted molar refractivity (Wildman–Crippen MR) is 105 cm³/mol. The summed E-state index contributed by atoms with van der Waals surface area (Å²) >= 11 is 0. The summed E-state index contributed by atoms with van der Waals surface area (Å²) in [5.74, 6) is 1.62. The molecule has 2 atom stereocenters. The highest BCUT2D eigenvalue weighted by molar-refractivity contribution is 5.79. The van der Waals surface area contributed by atoms with E-state index in [1.165, 1.54) is 12.8 Å². The van der Waals surface area contributed by atoms with Crippen molar-refractivity contribution in [2.24, 2.45) is 11.8 Å². The van der Waals surface area contributed by atoms with Gasteiger partial charge in [0.05, 0.1) is 5.60 Å². The third-order valence-corrected chi connectivity index (χ3v) is 6.79. The molecule has 3 fully saturated rings. The number of hydrogen-bond donors (Lipinski definition) is 1. The predicted octanol–water partition coefficient (Wildman–Crippen LogP) is 2.54. The van der Waals surface area contributed by atoms with E-state index in [0.29, 0.717) is 19.1 Å². The Morgan fingerprint density at radius 1 is 1.11 bits per heavy atom. The van der Waals surface area contributed by atoms with E-state index < -0.39 is 5.60 Å². The van der Waals surface area contributed by atoms with Gasteiger partial charge in [-0.25, -0.2) is 0 Å². The Bertz CT molecular complexity index is 632. The number of fused-ring (bicyclic) bond motifs is 1. The molecule has 1 saturated carbocycles. The van der Waals surface area contributed by atoms with E-state index in [9.17, 15) is 9.90 Å². The van der Waals surface area contributed by atoms with Gasteiger partial charge >= 0.3 is 0 Å². The van der Waals surface area contributed by atoms with Gasteiger partial charge in [0, 0.05) is 44.6 Å². The maximum absolute atomic E-state index is 12.8. The first-order valence-corrected chi connectivity index (χ1v) is 10.6. The van der Waals surface area contributed by atoms with Gasteiger partial charge in [0.2, 0.25) is 5.91 Å². The molecular weight excluding hydrogens is 340 g/mol. The van der Waals surface area contributed by atoms with Crippen LogP contribution in [0.2, 0.25) is 0 Å². The average Bonchev–Trinajstić information content (AvgIpc) is 3.23. The van der Waals surface area contributed by atoms with Gasteiger partial charge in [-0.2, -0.15) is 0 Å². The van der Waals surface area contributed by atoms with Crippen LogP contribution in [0.1, 0.15) is 38.5 Å². The first-order valence-electron chi connectivity index (χ1n) is 10.6. The molecule has 0 radical (unpaired) electrons. The second-order valence-electron chi connectivity index (χ2n) is 8.53. The van der Waals surface area contributed by atoms with Crippen molar-refractivity contribution in [3.05, 3.63) is 30.3 Å². The zero-order valence-corrected chi connectivity index (χ0v) is 16.2. The monoisotopic (exact) mass is 372 g/mol. The summed E-state index contributed by atoms with van der Waals surface area (Å²) in [7, 11) is 0. The summed E-state index contributed by atoms with van der Waals surface area (Å²) in [6.07, 6.45) is 6.00.